The van der Waals surface area contributed by atoms with Gasteiger partial charge in [0.2, 0.25) is 0 Å². The van der Waals surface area contributed by atoms with E-state index in [-0.39, 0.29) is 0 Å². The Bertz CT molecular complexity index is 2070. The third-order valence-corrected chi connectivity index (χ3v) is 15.4. The predicted octanol–water partition coefficient (Wildman–Crippen LogP) is 10.8. The highest BCUT2D eigenvalue weighted by Crippen LogP contribution is 2.41. The highest BCUT2D eigenvalue weighted by Gasteiger charge is 2.23. The molecule has 0 heterocycles. The molecule has 4 aliphatic rings. The second kappa shape index (κ2) is 15.7. The quantitative estimate of drug-likeness (QED) is 0.144. The summed E-state index contributed by atoms with van der Waals surface area (Å²) in [6, 6.07) is 43.9. The van der Waals surface area contributed by atoms with Gasteiger partial charge in [0.1, 0.15) is 0 Å². The van der Waals surface area contributed by atoms with Crippen LogP contribution in [0.2, 0.25) is 0 Å². The zero-order chi connectivity index (χ0) is 36.5. The first kappa shape index (κ1) is 36.5. The second-order valence-electron chi connectivity index (χ2n) is 15.7. The summed E-state index contributed by atoms with van der Waals surface area (Å²) in [5.74, 6) is 0. The van der Waals surface area contributed by atoms with Crippen LogP contribution in [0.1, 0.15) is 78.7 Å². The molecule has 0 radical (unpaired) electrons. The van der Waals surface area contributed by atoms with Gasteiger partial charge >= 0.3 is 0 Å². The van der Waals surface area contributed by atoms with Gasteiger partial charge in [-0.05, 0) is 158 Å². The van der Waals surface area contributed by atoms with Crippen molar-refractivity contribution in [1.82, 2.24) is 0 Å². The molecule has 0 saturated heterocycles. The van der Waals surface area contributed by atoms with Gasteiger partial charge in [0.25, 0.3) is 0 Å². The van der Waals surface area contributed by atoms with Crippen molar-refractivity contribution in [3.05, 3.63) is 182 Å². The van der Waals surface area contributed by atoms with Crippen LogP contribution >= 0.6 is 15.8 Å². The Labute approximate surface area is 316 Å². The highest BCUT2D eigenvalue weighted by molar-refractivity contribution is 7.80. The van der Waals surface area contributed by atoms with Crippen molar-refractivity contribution in [3.8, 4) is 0 Å². The zero-order valence-corrected chi connectivity index (χ0v) is 34.3. The summed E-state index contributed by atoms with van der Waals surface area (Å²) in [5, 5.41) is 7.49. The van der Waals surface area contributed by atoms with Gasteiger partial charge in [-0.2, -0.15) is 0 Å². The standard InChI is InChI=1S/C50H54P2/c1-33-18-34(2)23-46(22-33)51(47-24-35(3)19-36(4)25-47)32-45-30-42-12-15-43(45)11-9-10-41-13-16-44(17-14-42)50(31-41)52(48-26-37(5)20-38(6)27-48)49-28-39(7)21-40(8)29-49/h12-13,15-16,18-31H,9-11,14,17,32H2,1-8H3. The van der Waals surface area contributed by atoms with Crippen LogP contribution < -0.4 is 26.5 Å². The lowest BCUT2D eigenvalue weighted by molar-refractivity contribution is 0.815. The molecule has 0 nitrogen and oxygen atoms in total. The Balaban J connectivity index is 1.30. The average Bonchev–Trinajstić information content (AvgIpc) is 3.09. The van der Waals surface area contributed by atoms with Crippen LogP contribution in [0.3, 0.4) is 0 Å². The summed E-state index contributed by atoms with van der Waals surface area (Å²) >= 11 is 0. The monoisotopic (exact) mass is 716 g/mol. The van der Waals surface area contributed by atoms with Crippen LogP contribution in [0.5, 0.6) is 0 Å². The number of benzene rings is 6. The Morgan fingerprint density at radius 1 is 0.385 bits per heavy atom. The molecular weight excluding hydrogens is 662 g/mol. The number of hydrogen-bond donors (Lipinski definition) is 0. The van der Waals surface area contributed by atoms with E-state index in [0.717, 1.165) is 38.3 Å². The van der Waals surface area contributed by atoms with E-state index in [1.165, 1.54) is 88.0 Å². The molecule has 0 aliphatic heterocycles. The van der Waals surface area contributed by atoms with Crippen LogP contribution in [-0.4, -0.2) is 0 Å². The van der Waals surface area contributed by atoms with Crippen molar-refractivity contribution in [2.75, 3.05) is 0 Å². The first-order valence-corrected chi connectivity index (χ1v) is 22.0. The van der Waals surface area contributed by atoms with Gasteiger partial charge in [-0.1, -0.05) is 154 Å². The fourth-order valence-corrected chi connectivity index (χ4v) is 14.2. The van der Waals surface area contributed by atoms with Crippen molar-refractivity contribution >= 4 is 42.4 Å². The SMILES string of the molecule is Cc1cc(C)cc(P(Cc2cc3ccc2CCCc2ccc(c(P(c4cc(C)cc(C)c4)c4cc(C)cc(C)c4)c2)CC3)c2cc(C)cc(C)c2)c1. The fraction of sp³-hybridized carbons (Fsp3) is 0.280. The van der Waals surface area contributed by atoms with Crippen molar-refractivity contribution in [3.63, 3.8) is 0 Å². The largest absolute Gasteiger partial charge is 0.0587 e. The molecule has 52 heavy (non-hydrogen) atoms. The lowest BCUT2D eigenvalue weighted by Gasteiger charge is -2.25. The van der Waals surface area contributed by atoms with Gasteiger partial charge in [-0.3, -0.25) is 0 Å². The Kier molecular flexibility index (Phi) is 11.0. The Morgan fingerprint density at radius 3 is 1.29 bits per heavy atom. The van der Waals surface area contributed by atoms with E-state index in [0.29, 0.717) is 0 Å². The maximum Gasteiger partial charge on any atom is 0.00103 e. The highest BCUT2D eigenvalue weighted by atomic mass is 31.1. The molecule has 0 amide bonds. The fourth-order valence-electron chi connectivity index (χ4n) is 8.47. The first-order chi connectivity index (χ1) is 25.0. The van der Waals surface area contributed by atoms with E-state index in [1.54, 1.807) is 10.9 Å². The molecule has 0 aromatic heterocycles. The third-order valence-electron chi connectivity index (χ3n) is 10.5. The van der Waals surface area contributed by atoms with E-state index in [4.69, 9.17) is 0 Å². The van der Waals surface area contributed by atoms with Gasteiger partial charge in [0, 0.05) is 6.16 Å². The van der Waals surface area contributed by atoms with Gasteiger partial charge in [-0.15, -0.1) is 0 Å². The van der Waals surface area contributed by atoms with E-state index >= 15 is 0 Å². The summed E-state index contributed by atoms with van der Waals surface area (Å²) in [4.78, 5) is 0. The summed E-state index contributed by atoms with van der Waals surface area (Å²) < 4.78 is 0. The van der Waals surface area contributed by atoms with Gasteiger partial charge in [0.15, 0.2) is 0 Å². The van der Waals surface area contributed by atoms with Crippen molar-refractivity contribution < 1.29 is 0 Å². The molecule has 0 atom stereocenters. The smallest absolute Gasteiger partial charge is 0.00103 e. The lowest BCUT2D eigenvalue weighted by atomic mass is 9.98. The minimum atomic E-state index is -0.705. The number of rotatable bonds is 7. The third kappa shape index (κ3) is 8.52. The van der Waals surface area contributed by atoms with Crippen LogP contribution in [0.15, 0.2) is 109 Å². The van der Waals surface area contributed by atoms with Crippen LogP contribution in [0.4, 0.5) is 0 Å². The molecule has 0 unspecified atom stereocenters. The first-order valence-electron chi connectivity index (χ1n) is 19.1. The van der Waals surface area contributed by atoms with Crippen molar-refractivity contribution in [2.45, 2.75) is 93.7 Å². The zero-order valence-electron chi connectivity index (χ0n) is 32.5. The Hall–Kier alpha value is -3.82. The van der Waals surface area contributed by atoms with E-state index in [1.807, 2.05) is 0 Å². The summed E-state index contributed by atoms with van der Waals surface area (Å²) in [6.45, 7) is 18.0. The maximum absolute atomic E-state index is 2.60. The molecule has 10 rings (SSSR count). The molecule has 0 N–H and O–H groups in total. The van der Waals surface area contributed by atoms with Crippen molar-refractivity contribution in [1.29, 1.82) is 0 Å². The van der Waals surface area contributed by atoms with Crippen LogP contribution in [-0.2, 0) is 31.8 Å². The number of aryl methyl sites for hydroxylation is 12. The van der Waals surface area contributed by atoms with Crippen molar-refractivity contribution in [2.24, 2.45) is 0 Å². The van der Waals surface area contributed by atoms with E-state index in [2.05, 4.69) is 165 Å². The van der Waals surface area contributed by atoms with E-state index in [9.17, 15) is 0 Å². The molecule has 6 aromatic rings. The molecule has 0 fully saturated rings. The molecule has 264 valence electrons. The topological polar surface area (TPSA) is 0 Å². The van der Waals surface area contributed by atoms with E-state index < -0.39 is 15.8 Å². The normalized spacial score (nSPS) is 13.0. The summed E-state index contributed by atoms with van der Waals surface area (Å²) in [6.07, 6.45) is 6.54. The second-order valence-corrected chi connectivity index (χ2v) is 20.1. The van der Waals surface area contributed by atoms with Gasteiger partial charge in [0.05, 0.1) is 0 Å². The van der Waals surface area contributed by atoms with Gasteiger partial charge in [-0.25, -0.2) is 0 Å². The maximum atomic E-state index is 2.60. The summed E-state index contributed by atoms with van der Waals surface area (Å²) in [5.41, 5.74) is 18.4. The van der Waals surface area contributed by atoms with Gasteiger partial charge < -0.3 is 0 Å². The number of hydrogen-bond acceptors (Lipinski definition) is 0. The predicted molar refractivity (Wildman–Crippen MR) is 232 cm³/mol. The average molecular weight is 717 g/mol. The minimum Gasteiger partial charge on any atom is -0.0587 e. The van der Waals surface area contributed by atoms with Crippen LogP contribution in [0.25, 0.3) is 0 Å². The molecule has 0 spiro atoms. The molecular formula is C50H54P2. The lowest BCUT2D eigenvalue weighted by Crippen LogP contribution is -2.25. The molecule has 2 heteroatoms. The molecule has 4 aliphatic carbocycles. The molecule has 4 bridgehead atoms. The summed E-state index contributed by atoms with van der Waals surface area (Å²) in [7, 11) is -1.26. The minimum absolute atomic E-state index is 0.554. The molecule has 0 saturated carbocycles. The van der Waals surface area contributed by atoms with Crippen LogP contribution in [0, 0.1) is 55.4 Å². The molecule has 6 aromatic carbocycles. The Morgan fingerprint density at radius 2 is 0.808 bits per heavy atom.